The van der Waals surface area contributed by atoms with E-state index in [1.807, 2.05) is 6.92 Å². The number of hydrazine groups is 1. The molecule has 1 aliphatic heterocycles. The van der Waals surface area contributed by atoms with E-state index in [1.165, 1.54) is 16.6 Å². The van der Waals surface area contributed by atoms with Crippen molar-refractivity contribution in [3.05, 3.63) is 18.3 Å². The largest absolute Gasteiger partial charge is 0.307 e. The van der Waals surface area contributed by atoms with Gasteiger partial charge in [-0.1, -0.05) is 6.92 Å². The van der Waals surface area contributed by atoms with Crippen molar-refractivity contribution in [1.29, 1.82) is 0 Å². The van der Waals surface area contributed by atoms with Gasteiger partial charge in [0.1, 0.15) is 4.90 Å². The van der Waals surface area contributed by atoms with Crippen molar-refractivity contribution in [2.24, 2.45) is 5.84 Å². The highest BCUT2D eigenvalue weighted by molar-refractivity contribution is 8.00. The van der Waals surface area contributed by atoms with Gasteiger partial charge in [0.05, 0.1) is 0 Å². The quantitative estimate of drug-likeness (QED) is 0.622. The van der Waals surface area contributed by atoms with Gasteiger partial charge < -0.3 is 5.43 Å². The summed E-state index contributed by atoms with van der Waals surface area (Å²) in [6.45, 7) is 3.07. The lowest BCUT2D eigenvalue weighted by molar-refractivity contribution is 0.424. The van der Waals surface area contributed by atoms with Crippen LogP contribution in [0.3, 0.4) is 0 Å². The maximum atomic E-state index is 12.5. The molecule has 0 bridgehead atoms. The second-order valence-electron chi connectivity index (χ2n) is 4.04. The minimum absolute atomic E-state index is 0.131. The molecule has 0 spiro atoms. The molecule has 1 aromatic rings. The first kappa shape index (κ1) is 13.6. The van der Waals surface area contributed by atoms with Crippen molar-refractivity contribution in [2.75, 3.05) is 24.3 Å². The van der Waals surface area contributed by atoms with E-state index in [0.29, 0.717) is 18.3 Å². The highest BCUT2D eigenvalue weighted by atomic mass is 32.2. The molecule has 3 N–H and O–H groups in total. The first-order valence-electron chi connectivity index (χ1n) is 5.59. The monoisotopic (exact) mass is 288 g/mol. The topological polar surface area (TPSA) is 88.3 Å². The second kappa shape index (κ2) is 5.43. The normalized spacial score (nSPS) is 21.8. The third-order valence-corrected chi connectivity index (χ3v) is 5.76. The minimum atomic E-state index is -3.52. The number of hydrogen-bond donors (Lipinski definition) is 2. The Bertz CT molecular complexity index is 520. The van der Waals surface area contributed by atoms with Gasteiger partial charge in [-0.2, -0.15) is 16.1 Å². The number of nitrogen functional groups attached to an aromatic ring is 1. The van der Waals surface area contributed by atoms with E-state index in [-0.39, 0.29) is 10.7 Å². The molecule has 1 atom stereocenters. The fourth-order valence-corrected chi connectivity index (χ4v) is 4.71. The number of rotatable bonds is 3. The summed E-state index contributed by atoms with van der Waals surface area (Å²) in [5.74, 6) is 6.30. The van der Waals surface area contributed by atoms with Crippen LogP contribution < -0.4 is 11.3 Å². The SMILES string of the molecule is CC1CN(S(=O)(=O)c2cccnc2NN)CCS1. The standard InChI is InChI=1S/C10H16N4O2S2/c1-8-7-14(5-6-17-8)18(15,16)9-3-2-4-12-10(9)13-11/h2-4,8H,5-7,11H2,1H3,(H,12,13). The molecule has 1 aliphatic rings. The van der Waals surface area contributed by atoms with E-state index in [9.17, 15) is 8.42 Å². The molecule has 2 rings (SSSR count). The number of pyridine rings is 1. The van der Waals surface area contributed by atoms with E-state index < -0.39 is 10.0 Å². The Kier molecular flexibility index (Phi) is 4.10. The van der Waals surface area contributed by atoms with E-state index in [0.717, 1.165) is 5.75 Å². The molecule has 0 saturated carbocycles. The number of nitrogens with one attached hydrogen (secondary N) is 1. The van der Waals surface area contributed by atoms with Gasteiger partial charge in [0.2, 0.25) is 10.0 Å². The third-order valence-electron chi connectivity index (χ3n) is 2.73. The number of nitrogens with zero attached hydrogens (tertiary/aromatic N) is 2. The zero-order valence-electron chi connectivity index (χ0n) is 10.0. The molecule has 8 heteroatoms. The van der Waals surface area contributed by atoms with Crippen molar-refractivity contribution >= 4 is 27.6 Å². The average Bonchev–Trinajstić information content (AvgIpc) is 2.38. The minimum Gasteiger partial charge on any atom is -0.307 e. The number of sulfonamides is 1. The van der Waals surface area contributed by atoms with Gasteiger partial charge in [0.25, 0.3) is 0 Å². The van der Waals surface area contributed by atoms with Crippen molar-refractivity contribution in [2.45, 2.75) is 17.1 Å². The van der Waals surface area contributed by atoms with Gasteiger partial charge in [-0.05, 0) is 12.1 Å². The molecular formula is C10H16N4O2S2. The van der Waals surface area contributed by atoms with Gasteiger partial charge >= 0.3 is 0 Å². The molecular weight excluding hydrogens is 272 g/mol. The fourth-order valence-electron chi connectivity index (χ4n) is 1.85. The third kappa shape index (κ3) is 2.61. The molecule has 1 aromatic heterocycles. The lowest BCUT2D eigenvalue weighted by atomic mass is 10.4. The maximum Gasteiger partial charge on any atom is 0.246 e. The zero-order chi connectivity index (χ0) is 13.2. The Labute approximate surface area is 111 Å². The highest BCUT2D eigenvalue weighted by Crippen LogP contribution is 2.26. The molecule has 1 unspecified atom stereocenters. The Balaban J connectivity index is 2.35. The zero-order valence-corrected chi connectivity index (χ0v) is 11.7. The van der Waals surface area contributed by atoms with Gasteiger partial charge in [-0.15, -0.1) is 0 Å². The highest BCUT2D eigenvalue weighted by Gasteiger charge is 2.30. The van der Waals surface area contributed by atoms with Crippen LogP contribution in [-0.4, -0.2) is 41.8 Å². The molecule has 0 amide bonds. The van der Waals surface area contributed by atoms with Crippen LogP contribution in [0.25, 0.3) is 0 Å². The summed E-state index contributed by atoms with van der Waals surface area (Å²) in [5.41, 5.74) is 2.33. The van der Waals surface area contributed by atoms with Gasteiger partial charge in [-0.3, -0.25) is 0 Å². The summed E-state index contributed by atoms with van der Waals surface area (Å²) in [7, 11) is -3.52. The molecule has 2 heterocycles. The molecule has 0 radical (unpaired) electrons. The van der Waals surface area contributed by atoms with Gasteiger partial charge in [0, 0.05) is 30.3 Å². The fraction of sp³-hybridized carbons (Fsp3) is 0.500. The van der Waals surface area contributed by atoms with E-state index in [2.05, 4.69) is 10.4 Å². The van der Waals surface area contributed by atoms with E-state index in [1.54, 1.807) is 17.8 Å². The van der Waals surface area contributed by atoms with E-state index >= 15 is 0 Å². The van der Waals surface area contributed by atoms with Crippen molar-refractivity contribution < 1.29 is 8.42 Å². The summed E-state index contributed by atoms with van der Waals surface area (Å²) in [5, 5.41) is 0.305. The predicted octanol–water partition coefficient (Wildman–Crippen LogP) is 0.493. The Morgan fingerprint density at radius 3 is 3.06 bits per heavy atom. The summed E-state index contributed by atoms with van der Waals surface area (Å²) in [4.78, 5) is 4.06. The number of anilines is 1. The van der Waals surface area contributed by atoms with Crippen LogP contribution in [-0.2, 0) is 10.0 Å². The van der Waals surface area contributed by atoms with Crippen LogP contribution in [0.1, 0.15) is 6.92 Å². The summed E-state index contributed by atoms with van der Waals surface area (Å²) in [6, 6.07) is 3.11. The lowest BCUT2D eigenvalue weighted by Gasteiger charge is -2.29. The number of hydrogen-bond acceptors (Lipinski definition) is 6. The van der Waals surface area contributed by atoms with Crippen LogP contribution in [0.4, 0.5) is 5.82 Å². The molecule has 6 nitrogen and oxygen atoms in total. The molecule has 18 heavy (non-hydrogen) atoms. The summed E-state index contributed by atoms with van der Waals surface area (Å²) < 4.78 is 26.5. The molecule has 0 aliphatic carbocycles. The summed E-state index contributed by atoms with van der Waals surface area (Å²) in [6.07, 6.45) is 1.50. The van der Waals surface area contributed by atoms with Gasteiger partial charge in [0.15, 0.2) is 5.82 Å². The summed E-state index contributed by atoms with van der Waals surface area (Å²) >= 11 is 1.78. The van der Waals surface area contributed by atoms with Crippen LogP contribution in [0.5, 0.6) is 0 Å². The second-order valence-corrected chi connectivity index (χ2v) is 7.49. The van der Waals surface area contributed by atoms with Crippen LogP contribution in [0.15, 0.2) is 23.2 Å². The van der Waals surface area contributed by atoms with E-state index in [4.69, 9.17) is 5.84 Å². The smallest absolute Gasteiger partial charge is 0.246 e. The molecule has 100 valence electrons. The number of aromatic nitrogens is 1. The Morgan fingerprint density at radius 1 is 1.61 bits per heavy atom. The average molecular weight is 288 g/mol. The van der Waals surface area contributed by atoms with Crippen molar-refractivity contribution in [3.8, 4) is 0 Å². The molecule has 0 aromatic carbocycles. The first-order valence-corrected chi connectivity index (χ1v) is 8.08. The van der Waals surface area contributed by atoms with Crippen LogP contribution in [0.2, 0.25) is 0 Å². The van der Waals surface area contributed by atoms with Crippen LogP contribution >= 0.6 is 11.8 Å². The van der Waals surface area contributed by atoms with Gasteiger partial charge in [-0.25, -0.2) is 19.2 Å². The first-order chi connectivity index (χ1) is 8.55. The Morgan fingerprint density at radius 2 is 2.39 bits per heavy atom. The number of nitrogens with two attached hydrogens (primary N) is 1. The Hall–Kier alpha value is -0.830. The maximum absolute atomic E-state index is 12.5. The number of thioether (sulfide) groups is 1. The lowest BCUT2D eigenvalue weighted by Crippen LogP contribution is -2.41. The van der Waals surface area contributed by atoms with Crippen LogP contribution in [0, 0.1) is 0 Å². The molecule has 1 saturated heterocycles. The van der Waals surface area contributed by atoms with Crippen molar-refractivity contribution in [1.82, 2.24) is 9.29 Å². The van der Waals surface area contributed by atoms with Crippen molar-refractivity contribution in [3.63, 3.8) is 0 Å². The molecule has 1 fully saturated rings. The predicted molar refractivity (Wildman–Crippen MR) is 72.7 cm³/mol.